The lowest BCUT2D eigenvalue weighted by molar-refractivity contribution is -0.0748. The van der Waals surface area contributed by atoms with Crippen molar-refractivity contribution < 1.29 is 4.74 Å². The van der Waals surface area contributed by atoms with Crippen LogP contribution in [-0.2, 0) is 4.74 Å². The van der Waals surface area contributed by atoms with Crippen LogP contribution in [0.4, 0.5) is 0 Å². The summed E-state index contributed by atoms with van der Waals surface area (Å²) in [7, 11) is 2.25. The second-order valence-corrected chi connectivity index (χ2v) is 5.12. The zero-order chi connectivity index (χ0) is 9.26. The normalized spacial score (nSPS) is 40.6. The van der Waals surface area contributed by atoms with Crippen LogP contribution >= 0.6 is 15.9 Å². The minimum atomic E-state index is 0.691. The minimum Gasteiger partial charge on any atom is -0.378 e. The molecule has 2 heterocycles. The van der Waals surface area contributed by atoms with Gasteiger partial charge in [0.2, 0.25) is 0 Å². The molecule has 0 amide bonds. The van der Waals surface area contributed by atoms with Gasteiger partial charge in [0.1, 0.15) is 0 Å². The summed E-state index contributed by atoms with van der Waals surface area (Å²) in [4.78, 5) is 2.52. The van der Waals surface area contributed by atoms with Crippen LogP contribution in [0.2, 0.25) is 0 Å². The highest BCUT2D eigenvalue weighted by Crippen LogP contribution is 2.32. The van der Waals surface area contributed by atoms with Gasteiger partial charge in [0.15, 0.2) is 0 Å². The Kier molecular flexibility index (Phi) is 3.27. The number of piperidine rings is 1. The van der Waals surface area contributed by atoms with Crippen molar-refractivity contribution in [1.82, 2.24) is 4.90 Å². The van der Waals surface area contributed by atoms with Gasteiger partial charge in [-0.15, -0.1) is 0 Å². The second kappa shape index (κ2) is 4.28. The van der Waals surface area contributed by atoms with E-state index in [1.165, 1.54) is 19.3 Å². The van der Waals surface area contributed by atoms with Gasteiger partial charge in [-0.1, -0.05) is 15.9 Å². The summed E-state index contributed by atoms with van der Waals surface area (Å²) in [6, 6.07) is 1.38. The maximum atomic E-state index is 5.58. The molecule has 0 N–H and O–H groups in total. The number of fused-ring (bicyclic) bond motifs is 2. The summed E-state index contributed by atoms with van der Waals surface area (Å²) in [5, 5.41) is 1.15. The molecule has 13 heavy (non-hydrogen) atoms. The number of halogens is 1. The van der Waals surface area contributed by atoms with Crippen molar-refractivity contribution in [2.24, 2.45) is 5.92 Å². The first-order valence-electron chi connectivity index (χ1n) is 5.17. The first kappa shape index (κ1) is 9.94. The quantitative estimate of drug-likeness (QED) is 0.692. The van der Waals surface area contributed by atoms with E-state index in [1.54, 1.807) is 0 Å². The summed E-state index contributed by atoms with van der Waals surface area (Å²) in [6.45, 7) is 1.90. The topological polar surface area (TPSA) is 12.5 Å². The van der Waals surface area contributed by atoms with Crippen LogP contribution in [0.1, 0.15) is 19.3 Å². The number of alkyl halides is 1. The van der Waals surface area contributed by atoms with E-state index >= 15 is 0 Å². The lowest BCUT2D eigenvalue weighted by Gasteiger charge is -2.46. The summed E-state index contributed by atoms with van der Waals surface area (Å²) >= 11 is 3.53. The van der Waals surface area contributed by atoms with Crippen LogP contribution in [0.5, 0.6) is 0 Å². The van der Waals surface area contributed by atoms with Gasteiger partial charge in [0.05, 0.1) is 13.2 Å². The summed E-state index contributed by atoms with van der Waals surface area (Å²) < 4.78 is 5.58. The molecular weight excluding hydrogens is 230 g/mol. The lowest BCUT2D eigenvalue weighted by Crippen LogP contribution is -2.54. The third-order valence-corrected chi connectivity index (χ3v) is 3.96. The number of ether oxygens (including phenoxy) is 1. The van der Waals surface area contributed by atoms with E-state index < -0.39 is 0 Å². The second-order valence-electron chi connectivity index (χ2n) is 4.33. The summed E-state index contributed by atoms with van der Waals surface area (Å²) in [5.74, 6) is 0.925. The van der Waals surface area contributed by atoms with Gasteiger partial charge in [-0.2, -0.15) is 0 Å². The van der Waals surface area contributed by atoms with E-state index in [4.69, 9.17) is 4.74 Å². The number of likely N-dealkylation sites (N-methyl/N-ethyl adjacent to an activating group) is 1. The first-order valence-corrected chi connectivity index (χ1v) is 6.29. The molecule has 0 aliphatic carbocycles. The van der Waals surface area contributed by atoms with Gasteiger partial charge in [-0.3, -0.25) is 4.90 Å². The minimum absolute atomic E-state index is 0.691. The number of hydrogen-bond donors (Lipinski definition) is 0. The van der Waals surface area contributed by atoms with Crippen molar-refractivity contribution in [3.05, 3.63) is 0 Å². The molecule has 0 radical (unpaired) electrons. The molecule has 0 spiro atoms. The molecular formula is C10H18BrNO. The summed E-state index contributed by atoms with van der Waals surface area (Å²) in [6.07, 6.45) is 4.00. The fourth-order valence-corrected chi connectivity index (χ4v) is 3.25. The predicted octanol–water partition coefficient (Wildman–Crippen LogP) is 1.88. The van der Waals surface area contributed by atoms with Crippen LogP contribution in [0, 0.1) is 5.92 Å². The maximum Gasteiger partial charge on any atom is 0.0622 e. The highest BCUT2D eigenvalue weighted by atomic mass is 79.9. The number of morpholine rings is 1. The third-order valence-electron chi connectivity index (χ3n) is 3.50. The standard InChI is InChI=1S/C10H18BrNO/c1-12-9-4-8(2-3-11)5-10(12)7-13-6-9/h8-10H,2-7H2,1H3. The molecule has 2 unspecified atom stereocenters. The van der Waals surface area contributed by atoms with Crippen molar-refractivity contribution in [2.75, 3.05) is 25.6 Å². The Morgan fingerprint density at radius 3 is 2.46 bits per heavy atom. The molecule has 0 aromatic rings. The van der Waals surface area contributed by atoms with Crippen molar-refractivity contribution in [1.29, 1.82) is 0 Å². The molecule has 0 saturated carbocycles. The molecule has 2 rings (SSSR count). The maximum absolute atomic E-state index is 5.58. The van der Waals surface area contributed by atoms with Gasteiger partial charge in [0.25, 0.3) is 0 Å². The molecule has 3 heteroatoms. The Morgan fingerprint density at radius 1 is 1.31 bits per heavy atom. The Balaban J connectivity index is 1.95. The largest absolute Gasteiger partial charge is 0.378 e. The fraction of sp³-hybridized carbons (Fsp3) is 1.00. The van der Waals surface area contributed by atoms with Crippen molar-refractivity contribution in [2.45, 2.75) is 31.3 Å². The Morgan fingerprint density at radius 2 is 1.92 bits per heavy atom. The molecule has 0 aromatic heterocycles. The molecule has 76 valence electrons. The number of hydrogen-bond acceptors (Lipinski definition) is 2. The average Bonchev–Trinajstić information content (AvgIpc) is 2.07. The molecule has 2 aliphatic rings. The monoisotopic (exact) mass is 247 g/mol. The predicted molar refractivity (Wildman–Crippen MR) is 57.3 cm³/mol. The molecule has 2 fully saturated rings. The molecule has 2 aliphatic heterocycles. The Hall–Kier alpha value is 0.400. The van der Waals surface area contributed by atoms with Crippen LogP contribution in [0.15, 0.2) is 0 Å². The third kappa shape index (κ3) is 2.08. The van der Waals surface area contributed by atoms with Crippen molar-refractivity contribution in [3.8, 4) is 0 Å². The van der Waals surface area contributed by atoms with Gasteiger partial charge >= 0.3 is 0 Å². The van der Waals surface area contributed by atoms with Crippen LogP contribution in [0.3, 0.4) is 0 Å². The van der Waals surface area contributed by atoms with Crippen molar-refractivity contribution in [3.63, 3.8) is 0 Å². The van der Waals surface area contributed by atoms with E-state index in [9.17, 15) is 0 Å². The molecule has 2 bridgehead atoms. The zero-order valence-electron chi connectivity index (χ0n) is 8.21. The fourth-order valence-electron chi connectivity index (χ4n) is 2.60. The highest BCUT2D eigenvalue weighted by Gasteiger charge is 2.36. The summed E-state index contributed by atoms with van der Waals surface area (Å²) in [5.41, 5.74) is 0. The van der Waals surface area contributed by atoms with E-state index in [1.807, 2.05) is 0 Å². The van der Waals surface area contributed by atoms with E-state index in [0.717, 1.165) is 24.5 Å². The molecule has 0 aromatic carbocycles. The number of rotatable bonds is 2. The molecule has 2 saturated heterocycles. The smallest absolute Gasteiger partial charge is 0.0622 e. The van der Waals surface area contributed by atoms with Gasteiger partial charge in [0, 0.05) is 17.4 Å². The first-order chi connectivity index (χ1) is 6.31. The van der Waals surface area contributed by atoms with Crippen LogP contribution < -0.4 is 0 Å². The Labute approximate surface area is 88.8 Å². The molecule has 2 nitrogen and oxygen atoms in total. The van der Waals surface area contributed by atoms with E-state index in [-0.39, 0.29) is 0 Å². The van der Waals surface area contributed by atoms with E-state index in [0.29, 0.717) is 12.1 Å². The lowest BCUT2D eigenvalue weighted by atomic mass is 9.84. The van der Waals surface area contributed by atoms with E-state index in [2.05, 4.69) is 27.9 Å². The Bertz CT molecular complexity index is 162. The van der Waals surface area contributed by atoms with Crippen molar-refractivity contribution >= 4 is 15.9 Å². The van der Waals surface area contributed by atoms with Crippen LogP contribution in [0.25, 0.3) is 0 Å². The number of nitrogens with zero attached hydrogens (tertiary/aromatic N) is 1. The van der Waals surface area contributed by atoms with Gasteiger partial charge in [-0.05, 0) is 32.2 Å². The SMILES string of the molecule is CN1C2COCC1CC(CCBr)C2. The van der Waals surface area contributed by atoms with Gasteiger partial charge < -0.3 is 4.74 Å². The molecule has 2 atom stereocenters. The highest BCUT2D eigenvalue weighted by molar-refractivity contribution is 9.09. The zero-order valence-corrected chi connectivity index (χ0v) is 9.79. The average molecular weight is 248 g/mol. The van der Waals surface area contributed by atoms with Crippen LogP contribution in [-0.4, -0.2) is 42.6 Å². The van der Waals surface area contributed by atoms with Gasteiger partial charge in [-0.25, -0.2) is 0 Å².